The monoisotopic (exact) mass is 402 g/mol. The van der Waals surface area contributed by atoms with E-state index in [0.717, 1.165) is 34.4 Å². The van der Waals surface area contributed by atoms with Gasteiger partial charge in [-0.2, -0.15) is 0 Å². The summed E-state index contributed by atoms with van der Waals surface area (Å²) in [4.78, 5) is 45.0. The molecule has 4 amide bonds. The van der Waals surface area contributed by atoms with E-state index in [2.05, 4.69) is 10.3 Å². The summed E-state index contributed by atoms with van der Waals surface area (Å²) in [6.07, 6.45) is 4.22. The van der Waals surface area contributed by atoms with Gasteiger partial charge in [0.25, 0.3) is 5.91 Å². The van der Waals surface area contributed by atoms with Gasteiger partial charge in [-0.3, -0.25) is 14.5 Å². The van der Waals surface area contributed by atoms with Crippen LogP contribution in [-0.2, 0) is 9.59 Å². The van der Waals surface area contributed by atoms with Gasteiger partial charge < -0.3 is 15.0 Å². The Morgan fingerprint density at radius 2 is 2.04 bits per heavy atom. The van der Waals surface area contributed by atoms with Crippen molar-refractivity contribution in [3.63, 3.8) is 0 Å². The highest BCUT2D eigenvalue weighted by molar-refractivity contribution is 7.22. The minimum absolute atomic E-state index is 0.260. The molecular formula is C19H22N4O4S. The molecule has 148 valence electrons. The number of hydrogen-bond acceptors (Lipinski definition) is 6. The molecule has 0 bridgehead atoms. The molecule has 2 heterocycles. The van der Waals surface area contributed by atoms with Gasteiger partial charge in [-0.1, -0.05) is 30.6 Å². The summed E-state index contributed by atoms with van der Waals surface area (Å²) >= 11 is 1.31. The highest BCUT2D eigenvalue weighted by atomic mass is 32.1. The molecule has 2 fully saturated rings. The van der Waals surface area contributed by atoms with Crippen molar-refractivity contribution in [1.29, 1.82) is 0 Å². The van der Waals surface area contributed by atoms with E-state index in [4.69, 9.17) is 4.74 Å². The topological polar surface area (TPSA) is 91.8 Å². The fraction of sp³-hybridized carbons (Fsp3) is 0.474. The maximum Gasteiger partial charge on any atom is 0.327 e. The molecule has 1 N–H and O–H groups in total. The smallest absolute Gasteiger partial charge is 0.327 e. The molecule has 1 aliphatic heterocycles. The lowest BCUT2D eigenvalue weighted by molar-refractivity contribution is -0.136. The van der Waals surface area contributed by atoms with Crippen LogP contribution in [0.25, 0.3) is 10.2 Å². The van der Waals surface area contributed by atoms with Crippen molar-refractivity contribution in [2.45, 2.75) is 37.6 Å². The summed E-state index contributed by atoms with van der Waals surface area (Å²) in [5, 5.41) is 3.13. The van der Waals surface area contributed by atoms with E-state index in [1.807, 2.05) is 12.1 Å². The Kier molecular flexibility index (Phi) is 4.70. The molecular weight excluding hydrogens is 380 g/mol. The number of carbonyl (C=O) groups excluding carboxylic acids is 3. The van der Waals surface area contributed by atoms with Crippen LogP contribution in [0.2, 0.25) is 0 Å². The van der Waals surface area contributed by atoms with Crippen LogP contribution in [0, 0.1) is 0 Å². The number of carbonyl (C=O) groups is 3. The van der Waals surface area contributed by atoms with Crippen molar-refractivity contribution in [3.05, 3.63) is 18.2 Å². The molecule has 0 unspecified atom stereocenters. The van der Waals surface area contributed by atoms with Crippen LogP contribution in [0.1, 0.15) is 32.1 Å². The molecule has 9 heteroatoms. The zero-order chi connectivity index (χ0) is 19.9. The first kappa shape index (κ1) is 18.7. The lowest BCUT2D eigenvalue weighted by Gasteiger charge is -2.35. The SMILES string of the molecule is COc1ccc2nc(NC(=O)CN3C(=O)N(C)C4(CCCCC4)C3=O)sc2c1. The van der Waals surface area contributed by atoms with Crippen LogP contribution in [0.5, 0.6) is 5.75 Å². The zero-order valence-corrected chi connectivity index (χ0v) is 16.7. The fourth-order valence-corrected chi connectivity index (χ4v) is 4.97. The molecule has 1 saturated carbocycles. The first-order chi connectivity index (χ1) is 13.4. The molecule has 1 aliphatic carbocycles. The Bertz CT molecular complexity index is 951. The second kappa shape index (κ2) is 7.05. The van der Waals surface area contributed by atoms with Crippen molar-refractivity contribution in [1.82, 2.24) is 14.8 Å². The van der Waals surface area contributed by atoms with E-state index >= 15 is 0 Å². The molecule has 2 aliphatic rings. The van der Waals surface area contributed by atoms with Gasteiger partial charge in [0.05, 0.1) is 17.3 Å². The first-order valence-corrected chi connectivity index (χ1v) is 10.1. The summed E-state index contributed by atoms with van der Waals surface area (Å²) < 4.78 is 6.07. The van der Waals surface area contributed by atoms with Crippen LogP contribution in [-0.4, -0.2) is 58.9 Å². The van der Waals surface area contributed by atoms with Crippen LogP contribution in [0.3, 0.4) is 0 Å². The van der Waals surface area contributed by atoms with Gasteiger partial charge in [0.2, 0.25) is 5.91 Å². The number of nitrogens with one attached hydrogen (secondary N) is 1. The number of nitrogens with zero attached hydrogens (tertiary/aromatic N) is 3. The number of imide groups is 1. The molecule has 2 aromatic rings. The van der Waals surface area contributed by atoms with Gasteiger partial charge >= 0.3 is 6.03 Å². The second-order valence-corrected chi connectivity index (χ2v) is 8.26. The van der Waals surface area contributed by atoms with Crippen molar-refractivity contribution in [2.24, 2.45) is 0 Å². The van der Waals surface area contributed by atoms with Crippen LogP contribution < -0.4 is 10.1 Å². The van der Waals surface area contributed by atoms with Gasteiger partial charge in [0.1, 0.15) is 17.8 Å². The maximum absolute atomic E-state index is 13.0. The Hall–Kier alpha value is -2.68. The molecule has 8 nitrogen and oxygen atoms in total. The van der Waals surface area contributed by atoms with E-state index in [-0.39, 0.29) is 12.5 Å². The van der Waals surface area contributed by atoms with Gasteiger partial charge in [-0.05, 0) is 31.0 Å². The molecule has 0 atom stereocenters. The van der Waals surface area contributed by atoms with Crippen molar-refractivity contribution in [2.75, 3.05) is 26.0 Å². The minimum Gasteiger partial charge on any atom is -0.497 e. The Morgan fingerprint density at radius 3 is 2.75 bits per heavy atom. The number of amides is 4. The van der Waals surface area contributed by atoms with E-state index < -0.39 is 17.5 Å². The summed E-state index contributed by atoms with van der Waals surface area (Å²) in [6.45, 7) is -0.303. The summed E-state index contributed by atoms with van der Waals surface area (Å²) in [5.74, 6) is 0.0148. The highest BCUT2D eigenvalue weighted by Crippen LogP contribution is 2.39. The van der Waals surface area contributed by atoms with Crippen LogP contribution >= 0.6 is 11.3 Å². The van der Waals surface area contributed by atoms with Crippen molar-refractivity contribution < 1.29 is 19.1 Å². The predicted molar refractivity (Wildman–Crippen MR) is 105 cm³/mol. The number of likely N-dealkylation sites (N-methyl/N-ethyl adjacent to an activating group) is 1. The van der Waals surface area contributed by atoms with E-state index in [9.17, 15) is 14.4 Å². The molecule has 1 aromatic carbocycles. The third-order valence-electron chi connectivity index (χ3n) is 5.63. The van der Waals surface area contributed by atoms with Crippen LogP contribution in [0.4, 0.5) is 9.93 Å². The van der Waals surface area contributed by atoms with Crippen molar-refractivity contribution in [3.8, 4) is 5.75 Å². The van der Waals surface area contributed by atoms with Gasteiger partial charge in [-0.25, -0.2) is 9.78 Å². The predicted octanol–water partition coefficient (Wildman–Crippen LogP) is 2.84. The number of hydrogen-bond donors (Lipinski definition) is 1. The second-order valence-electron chi connectivity index (χ2n) is 7.23. The lowest BCUT2D eigenvalue weighted by atomic mass is 9.81. The standard InChI is InChI=1S/C19H22N4O4S/c1-22-18(26)23(16(25)19(22)8-4-3-5-9-19)11-15(24)21-17-20-13-7-6-12(27-2)10-14(13)28-17/h6-7,10H,3-5,8-9,11H2,1-2H3,(H,20,21,24). The van der Waals surface area contributed by atoms with Crippen molar-refractivity contribution >= 4 is 44.5 Å². The molecule has 0 radical (unpaired) electrons. The Morgan fingerprint density at radius 1 is 1.29 bits per heavy atom. The quantitative estimate of drug-likeness (QED) is 0.794. The van der Waals surface area contributed by atoms with Gasteiger partial charge in [-0.15, -0.1) is 0 Å². The zero-order valence-electron chi connectivity index (χ0n) is 15.9. The Labute approximate surface area is 166 Å². The number of benzene rings is 1. The van der Waals surface area contributed by atoms with E-state index in [0.29, 0.717) is 23.7 Å². The molecule has 1 aromatic heterocycles. The molecule has 1 spiro atoms. The number of rotatable bonds is 4. The maximum atomic E-state index is 13.0. The number of fused-ring (bicyclic) bond motifs is 1. The van der Waals surface area contributed by atoms with Gasteiger partial charge in [0, 0.05) is 7.05 Å². The average Bonchev–Trinajstić information content (AvgIpc) is 3.17. The van der Waals surface area contributed by atoms with E-state index in [1.165, 1.54) is 16.2 Å². The Balaban J connectivity index is 1.47. The number of ether oxygens (including phenoxy) is 1. The number of methoxy groups -OCH3 is 1. The number of anilines is 1. The average molecular weight is 402 g/mol. The normalized spacial score (nSPS) is 18.9. The van der Waals surface area contributed by atoms with Gasteiger partial charge in [0.15, 0.2) is 5.13 Å². The molecule has 28 heavy (non-hydrogen) atoms. The first-order valence-electron chi connectivity index (χ1n) is 9.29. The molecule has 4 rings (SSSR count). The number of thiazole rings is 1. The largest absolute Gasteiger partial charge is 0.497 e. The minimum atomic E-state index is -0.776. The molecule has 1 saturated heterocycles. The summed E-state index contributed by atoms with van der Waals surface area (Å²) in [5.41, 5.74) is -0.0301. The third kappa shape index (κ3) is 2.99. The fourth-order valence-electron chi connectivity index (χ4n) is 4.06. The highest BCUT2D eigenvalue weighted by Gasteiger charge is 2.55. The summed E-state index contributed by atoms with van der Waals surface area (Å²) in [6, 6.07) is 5.05. The van der Waals surface area contributed by atoms with Crippen LogP contribution in [0.15, 0.2) is 18.2 Å². The number of aromatic nitrogens is 1. The number of urea groups is 1. The third-order valence-corrected chi connectivity index (χ3v) is 6.56. The lowest BCUT2D eigenvalue weighted by Crippen LogP contribution is -2.49. The van der Waals surface area contributed by atoms with E-state index in [1.54, 1.807) is 20.2 Å². The summed E-state index contributed by atoms with van der Waals surface area (Å²) in [7, 11) is 3.25.